The van der Waals surface area contributed by atoms with Crippen LogP contribution < -0.4 is 0 Å². The molecule has 0 bridgehead atoms. The Kier molecular flexibility index (Phi) is 10.3. The SMILES string of the molecule is Cc1ccc(-c2ccc(C(c3ccccc3)(c3ccccc3)c3ccc(-c4ccc(C(F)(F)F)cc4)c(-c4cccc(C(F)(F)F)c4)n3)nc2-c2cccc(C)c2)cc1. The zero-order valence-electron chi connectivity index (χ0n) is 32.0. The molecule has 0 amide bonds. The molecular weight excluding hydrogens is 755 g/mol. The fourth-order valence-electron chi connectivity index (χ4n) is 7.71. The first-order valence-corrected chi connectivity index (χ1v) is 19.0. The van der Waals surface area contributed by atoms with Crippen molar-refractivity contribution in [3.05, 3.63) is 227 Å². The smallest absolute Gasteiger partial charge is 0.250 e. The molecule has 2 heterocycles. The van der Waals surface area contributed by atoms with Gasteiger partial charge in [-0.2, -0.15) is 26.3 Å². The summed E-state index contributed by atoms with van der Waals surface area (Å²) >= 11 is 0. The Morgan fingerprint density at radius 3 is 1.25 bits per heavy atom. The molecule has 0 spiro atoms. The Morgan fingerprint density at radius 2 is 0.780 bits per heavy atom. The molecule has 0 aliphatic heterocycles. The van der Waals surface area contributed by atoms with Crippen molar-refractivity contribution in [2.24, 2.45) is 0 Å². The Labute approximate surface area is 338 Å². The van der Waals surface area contributed by atoms with Gasteiger partial charge in [0.1, 0.15) is 5.41 Å². The van der Waals surface area contributed by atoms with Crippen LogP contribution in [0.2, 0.25) is 0 Å². The number of alkyl halides is 6. The minimum absolute atomic E-state index is 0.148. The van der Waals surface area contributed by atoms with Gasteiger partial charge in [0.05, 0.1) is 33.9 Å². The van der Waals surface area contributed by atoms with Crippen LogP contribution >= 0.6 is 0 Å². The standard InChI is InChI=1S/C51H36F6N2/c1-33-19-21-35(22-20-33)43-27-29-45(58-47(43)37-12-9-11-34(2)31-37)49(39-14-5-3-6-15-39,40-16-7-4-8-17-40)46-30-28-44(36-23-25-41(26-24-36)50(52,53)54)48(59-46)38-13-10-18-42(32-38)51(55,56)57/h3-32H,1-2H3. The van der Waals surface area contributed by atoms with E-state index < -0.39 is 28.9 Å². The maximum absolute atomic E-state index is 14.2. The van der Waals surface area contributed by atoms with Crippen LogP contribution in [0.5, 0.6) is 0 Å². The zero-order chi connectivity index (χ0) is 41.4. The van der Waals surface area contributed by atoms with Crippen molar-refractivity contribution in [3.63, 3.8) is 0 Å². The summed E-state index contributed by atoms with van der Waals surface area (Å²) in [5.74, 6) is 0. The van der Waals surface area contributed by atoms with Gasteiger partial charge in [0.25, 0.3) is 0 Å². The summed E-state index contributed by atoms with van der Waals surface area (Å²) in [4.78, 5) is 10.8. The van der Waals surface area contributed by atoms with E-state index in [1.54, 1.807) is 12.1 Å². The maximum atomic E-state index is 14.2. The highest BCUT2D eigenvalue weighted by molar-refractivity contribution is 5.83. The van der Waals surface area contributed by atoms with Crippen LogP contribution in [0, 0.1) is 13.8 Å². The minimum Gasteiger partial charge on any atom is -0.250 e. The van der Waals surface area contributed by atoms with E-state index in [1.807, 2.05) is 98.8 Å². The molecule has 59 heavy (non-hydrogen) atoms. The molecule has 292 valence electrons. The average molecular weight is 791 g/mol. The number of pyridine rings is 2. The minimum atomic E-state index is -4.66. The van der Waals surface area contributed by atoms with Gasteiger partial charge < -0.3 is 0 Å². The molecule has 0 radical (unpaired) electrons. The summed E-state index contributed by atoms with van der Waals surface area (Å²) in [5, 5.41) is 0. The Hall–Kier alpha value is -6.80. The van der Waals surface area contributed by atoms with Crippen molar-refractivity contribution < 1.29 is 26.3 Å². The van der Waals surface area contributed by atoms with E-state index in [1.165, 1.54) is 24.3 Å². The van der Waals surface area contributed by atoms with Gasteiger partial charge in [-0.15, -0.1) is 0 Å². The molecule has 0 unspecified atom stereocenters. The topological polar surface area (TPSA) is 25.8 Å². The van der Waals surface area contributed by atoms with Crippen LogP contribution in [-0.4, -0.2) is 9.97 Å². The van der Waals surface area contributed by atoms with Crippen molar-refractivity contribution in [1.29, 1.82) is 0 Å². The molecule has 8 heteroatoms. The Balaban J connectivity index is 1.47. The molecule has 0 saturated carbocycles. The lowest BCUT2D eigenvalue weighted by Gasteiger charge is -2.35. The van der Waals surface area contributed by atoms with E-state index >= 15 is 0 Å². The second kappa shape index (κ2) is 15.5. The predicted octanol–water partition coefficient (Wildman–Crippen LogP) is 14.2. The molecule has 8 rings (SSSR count). The lowest BCUT2D eigenvalue weighted by atomic mass is 9.68. The number of aromatic nitrogens is 2. The van der Waals surface area contributed by atoms with E-state index in [9.17, 15) is 26.3 Å². The number of rotatable bonds is 8. The number of hydrogen-bond acceptors (Lipinski definition) is 2. The molecule has 0 atom stereocenters. The second-order valence-corrected chi connectivity index (χ2v) is 14.6. The first-order chi connectivity index (χ1) is 28.3. The lowest BCUT2D eigenvalue weighted by Crippen LogP contribution is -2.33. The average Bonchev–Trinajstić information content (AvgIpc) is 3.24. The van der Waals surface area contributed by atoms with Gasteiger partial charge >= 0.3 is 12.4 Å². The molecule has 0 aliphatic carbocycles. The van der Waals surface area contributed by atoms with Crippen molar-refractivity contribution >= 4 is 0 Å². The van der Waals surface area contributed by atoms with Crippen LogP contribution in [0.3, 0.4) is 0 Å². The number of aryl methyl sites for hydroxylation is 2. The van der Waals surface area contributed by atoms with Gasteiger partial charge in [0.15, 0.2) is 0 Å². The third-order valence-electron chi connectivity index (χ3n) is 10.6. The van der Waals surface area contributed by atoms with Gasteiger partial charge in [0.2, 0.25) is 0 Å². The zero-order valence-corrected chi connectivity index (χ0v) is 32.0. The molecule has 0 saturated heterocycles. The highest BCUT2D eigenvalue weighted by Crippen LogP contribution is 2.47. The van der Waals surface area contributed by atoms with Crippen LogP contribution in [0.15, 0.2) is 182 Å². The van der Waals surface area contributed by atoms with Gasteiger partial charge in [0, 0.05) is 22.3 Å². The maximum Gasteiger partial charge on any atom is 0.416 e. The molecule has 2 nitrogen and oxygen atoms in total. The van der Waals surface area contributed by atoms with Gasteiger partial charge in [-0.05, 0) is 78.6 Å². The number of nitrogens with zero attached hydrogens (tertiary/aromatic N) is 2. The van der Waals surface area contributed by atoms with E-state index in [0.717, 1.165) is 68.9 Å². The monoisotopic (exact) mass is 790 g/mol. The molecule has 6 aromatic carbocycles. The van der Waals surface area contributed by atoms with Gasteiger partial charge in [-0.25, -0.2) is 0 Å². The van der Waals surface area contributed by atoms with E-state index in [4.69, 9.17) is 9.97 Å². The first kappa shape index (κ1) is 39.0. The predicted molar refractivity (Wildman–Crippen MR) is 222 cm³/mol. The molecule has 0 aliphatic rings. The number of hydrogen-bond donors (Lipinski definition) is 0. The Morgan fingerprint density at radius 1 is 0.339 bits per heavy atom. The van der Waals surface area contributed by atoms with Crippen LogP contribution in [-0.2, 0) is 17.8 Å². The molecule has 0 fully saturated rings. The fraction of sp³-hybridized carbons (Fsp3) is 0.0980. The summed E-state index contributed by atoms with van der Waals surface area (Å²) in [5.41, 5.74) is 6.37. The lowest BCUT2D eigenvalue weighted by molar-refractivity contribution is -0.138. The van der Waals surface area contributed by atoms with Crippen molar-refractivity contribution in [3.8, 4) is 44.8 Å². The van der Waals surface area contributed by atoms with Crippen LogP contribution in [0.4, 0.5) is 26.3 Å². The first-order valence-electron chi connectivity index (χ1n) is 19.0. The van der Waals surface area contributed by atoms with E-state index in [0.29, 0.717) is 22.5 Å². The third-order valence-corrected chi connectivity index (χ3v) is 10.6. The second-order valence-electron chi connectivity index (χ2n) is 14.6. The summed E-state index contributed by atoms with van der Waals surface area (Å²) < 4.78 is 83.7. The van der Waals surface area contributed by atoms with Crippen molar-refractivity contribution in [2.45, 2.75) is 31.6 Å². The van der Waals surface area contributed by atoms with Crippen LogP contribution in [0.25, 0.3) is 44.8 Å². The molecule has 2 aromatic heterocycles. The van der Waals surface area contributed by atoms with Gasteiger partial charge in [-0.1, -0.05) is 151 Å². The summed E-state index contributed by atoms with van der Waals surface area (Å²) in [6.45, 7) is 4.05. The number of halogens is 6. The van der Waals surface area contributed by atoms with Crippen molar-refractivity contribution in [1.82, 2.24) is 9.97 Å². The van der Waals surface area contributed by atoms with Crippen molar-refractivity contribution in [2.75, 3.05) is 0 Å². The van der Waals surface area contributed by atoms with Crippen LogP contribution in [0.1, 0.15) is 44.8 Å². The normalized spacial score (nSPS) is 12.1. The fourth-order valence-corrected chi connectivity index (χ4v) is 7.71. The number of benzene rings is 6. The largest absolute Gasteiger partial charge is 0.416 e. The summed E-state index contributed by atoms with van der Waals surface area (Å²) in [7, 11) is 0. The van der Waals surface area contributed by atoms with E-state index in [2.05, 4.69) is 36.4 Å². The quantitative estimate of drug-likeness (QED) is 0.143. The highest BCUT2D eigenvalue weighted by atomic mass is 19.4. The summed E-state index contributed by atoms with van der Waals surface area (Å²) in [6, 6.07) is 52.7. The summed E-state index contributed by atoms with van der Waals surface area (Å²) in [6.07, 6.45) is -9.23. The molecule has 0 N–H and O–H groups in total. The van der Waals surface area contributed by atoms with Gasteiger partial charge in [-0.3, -0.25) is 9.97 Å². The Bertz CT molecular complexity index is 2700. The molecular formula is C51H36F6N2. The third kappa shape index (κ3) is 7.66. The van der Waals surface area contributed by atoms with E-state index in [-0.39, 0.29) is 11.3 Å². The highest BCUT2D eigenvalue weighted by Gasteiger charge is 2.42. The molecule has 8 aromatic rings.